The van der Waals surface area contributed by atoms with Crippen molar-refractivity contribution in [2.45, 2.75) is 26.3 Å². The molecule has 0 aliphatic rings. The second kappa shape index (κ2) is 6.96. The highest BCUT2D eigenvalue weighted by molar-refractivity contribution is 5.88. The van der Waals surface area contributed by atoms with Gasteiger partial charge in [-0.3, -0.25) is 9.59 Å². The maximum absolute atomic E-state index is 11.2. The predicted octanol–water partition coefficient (Wildman–Crippen LogP) is -0.171. The zero-order valence-electron chi connectivity index (χ0n) is 9.33. The van der Waals surface area contributed by atoms with Crippen LogP contribution in [0.5, 0.6) is 0 Å². The molecule has 0 aromatic rings. The Morgan fingerprint density at radius 2 is 2.07 bits per heavy atom. The minimum atomic E-state index is -0.555. The minimum Gasteiger partial charge on any atom is -0.345 e. The normalized spacial score (nSPS) is 13.7. The van der Waals surface area contributed by atoms with Crippen molar-refractivity contribution in [3.63, 3.8) is 0 Å². The molecule has 0 fully saturated rings. The van der Waals surface area contributed by atoms with E-state index >= 15 is 0 Å². The summed E-state index contributed by atoms with van der Waals surface area (Å²) in [5.74, 6) is -0.599. The molecule has 0 radical (unpaired) electrons. The fourth-order valence-corrected chi connectivity index (χ4v) is 1.14. The highest BCUT2D eigenvalue weighted by Crippen LogP contribution is 2.05. The lowest BCUT2D eigenvalue weighted by Gasteiger charge is -2.16. The van der Waals surface area contributed by atoms with Gasteiger partial charge >= 0.3 is 0 Å². The quantitative estimate of drug-likeness (QED) is 0.639. The van der Waals surface area contributed by atoms with Gasteiger partial charge in [-0.15, -0.1) is 0 Å². The van der Waals surface area contributed by atoms with Crippen molar-refractivity contribution < 1.29 is 9.59 Å². The van der Waals surface area contributed by atoms with E-state index in [1.807, 2.05) is 6.07 Å². The van der Waals surface area contributed by atoms with Crippen LogP contribution in [-0.4, -0.2) is 31.3 Å². The predicted molar refractivity (Wildman–Crippen MR) is 55.9 cm³/mol. The van der Waals surface area contributed by atoms with Crippen molar-refractivity contribution in [1.29, 1.82) is 5.26 Å². The summed E-state index contributed by atoms with van der Waals surface area (Å²) in [4.78, 5) is 22.4. The summed E-state index contributed by atoms with van der Waals surface area (Å²) >= 11 is 0. The summed E-state index contributed by atoms with van der Waals surface area (Å²) < 4.78 is 0. The van der Waals surface area contributed by atoms with Gasteiger partial charge in [0.15, 0.2) is 5.78 Å². The summed E-state index contributed by atoms with van der Waals surface area (Å²) in [5, 5.41) is 13.9. The Morgan fingerprint density at radius 3 is 2.47 bits per heavy atom. The number of carbonyl (C=O) groups excluding carboxylic acids is 2. The molecule has 0 heterocycles. The van der Waals surface area contributed by atoms with Gasteiger partial charge < -0.3 is 10.6 Å². The summed E-state index contributed by atoms with van der Waals surface area (Å²) in [5.41, 5.74) is 0. The fraction of sp³-hybridized carbons (Fsp3) is 0.700. The van der Waals surface area contributed by atoms with Gasteiger partial charge in [-0.25, -0.2) is 0 Å². The molecule has 1 amide bonds. The van der Waals surface area contributed by atoms with Crippen molar-refractivity contribution in [2.75, 3.05) is 13.6 Å². The number of likely N-dealkylation sites (N-methyl/N-ethyl adjacent to an activating group) is 1. The van der Waals surface area contributed by atoms with Crippen LogP contribution in [0.3, 0.4) is 0 Å². The Bertz CT molecular complexity index is 270. The van der Waals surface area contributed by atoms with Gasteiger partial charge in [0.25, 0.3) is 0 Å². The lowest BCUT2D eigenvalue weighted by molar-refractivity contribution is -0.126. The van der Waals surface area contributed by atoms with E-state index in [1.54, 1.807) is 14.0 Å². The Labute approximate surface area is 89.8 Å². The number of nitriles is 1. The van der Waals surface area contributed by atoms with Crippen LogP contribution >= 0.6 is 0 Å². The molecule has 5 nitrogen and oxygen atoms in total. The molecule has 2 N–H and O–H groups in total. The number of ketones is 1. The lowest BCUT2D eigenvalue weighted by Crippen LogP contribution is -2.44. The zero-order valence-corrected chi connectivity index (χ0v) is 9.33. The SMILES string of the molecule is CNCC(=O)NC(CC(C)C#N)C(C)=O. The average molecular weight is 211 g/mol. The van der Waals surface area contributed by atoms with Crippen LogP contribution in [0.15, 0.2) is 0 Å². The van der Waals surface area contributed by atoms with E-state index in [2.05, 4.69) is 10.6 Å². The van der Waals surface area contributed by atoms with Crippen molar-refractivity contribution in [1.82, 2.24) is 10.6 Å². The largest absolute Gasteiger partial charge is 0.345 e. The summed E-state index contributed by atoms with van der Waals surface area (Å²) in [6.45, 7) is 3.30. The first kappa shape index (κ1) is 13.6. The number of hydrogen-bond acceptors (Lipinski definition) is 4. The Balaban J connectivity index is 4.23. The average Bonchev–Trinajstić information content (AvgIpc) is 2.16. The van der Waals surface area contributed by atoms with Crippen molar-refractivity contribution in [3.05, 3.63) is 0 Å². The molecule has 0 aromatic carbocycles. The molecule has 0 aromatic heterocycles. The minimum absolute atomic E-state index is 0.124. The molecule has 0 spiro atoms. The molecule has 0 saturated heterocycles. The zero-order chi connectivity index (χ0) is 11.8. The van der Waals surface area contributed by atoms with Crippen molar-refractivity contribution >= 4 is 11.7 Å². The number of nitrogens with zero attached hydrogens (tertiary/aromatic N) is 1. The standard InChI is InChI=1S/C10H17N3O2/c1-7(5-11)4-9(8(2)14)13-10(15)6-12-3/h7,9,12H,4,6H2,1-3H3,(H,13,15). The van der Waals surface area contributed by atoms with Crippen LogP contribution in [-0.2, 0) is 9.59 Å². The third kappa shape index (κ3) is 5.81. The van der Waals surface area contributed by atoms with Crippen molar-refractivity contribution in [2.24, 2.45) is 5.92 Å². The van der Waals surface area contributed by atoms with Gasteiger partial charge in [0.1, 0.15) is 0 Å². The molecular formula is C10H17N3O2. The van der Waals surface area contributed by atoms with Crippen LogP contribution in [0.25, 0.3) is 0 Å². The number of hydrogen-bond donors (Lipinski definition) is 2. The topological polar surface area (TPSA) is 82.0 Å². The van der Waals surface area contributed by atoms with Gasteiger partial charge in [0, 0.05) is 5.92 Å². The van der Waals surface area contributed by atoms with E-state index in [-0.39, 0.29) is 24.2 Å². The van der Waals surface area contributed by atoms with Gasteiger partial charge in [0.05, 0.1) is 18.7 Å². The first-order valence-corrected chi connectivity index (χ1v) is 4.85. The van der Waals surface area contributed by atoms with E-state index in [0.29, 0.717) is 6.42 Å². The van der Waals surface area contributed by atoms with Gasteiger partial charge in [-0.05, 0) is 27.3 Å². The van der Waals surface area contributed by atoms with E-state index in [9.17, 15) is 9.59 Å². The van der Waals surface area contributed by atoms with Gasteiger partial charge in [-0.1, -0.05) is 0 Å². The van der Waals surface area contributed by atoms with E-state index < -0.39 is 6.04 Å². The molecule has 0 bridgehead atoms. The monoisotopic (exact) mass is 211 g/mol. The maximum Gasteiger partial charge on any atom is 0.234 e. The Kier molecular flexibility index (Phi) is 6.30. The summed E-state index contributed by atoms with van der Waals surface area (Å²) in [6.07, 6.45) is 0.362. The van der Waals surface area contributed by atoms with Crippen molar-refractivity contribution in [3.8, 4) is 6.07 Å². The smallest absolute Gasteiger partial charge is 0.234 e. The van der Waals surface area contributed by atoms with E-state index in [1.165, 1.54) is 6.92 Å². The molecule has 2 atom stereocenters. The number of Topliss-reactive ketones (excluding diaryl/α,β-unsaturated/α-hetero) is 1. The molecule has 0 rings (SSSR count). The van der Waals surface area contributed by atoms with E-state index in [4.69, 9.17) is 5.26 Å². The number of amides is 1. The molecule has 0 saturated carbocycles. The maximum atomic E-state index is 11.2. The first-order chi connectivity index (χ1) is 7.01. The van der Waals surface area contributed by atoms with E-state index in [0.717, 1.165) is 0 Å². The van der Waals surface area contributed by atoms with Crippen LogP contribution in [0.2, 0.25) is 0 Å². The van der Waals surface area contributed by atoms with Crippen LogP contribution in [0, 0.1) is 17.2 Å². The van der Waals surface area contributed by atoms with Crippen LogP contribution < -0.4 is 10.6 Å². The summed E-state index contributed by atoms with van der Waals surface area (Å²) in [7, 11) is 1.65. The third-order valence-electron chi connectivity index (χ3n) is 1.97. The molecule has 15 heavy (non-hydrogen) atoms. The van der Waals surface area contributed by atoms with Gasteiger partial charge in [0.2, 0.25) is 5.91 Å². The molecule has 0 aliphatic carbocycles. The number of nitrogens with one attached hydrogen (secondary N) is 2. The first-order valence-electron chi connectivity index (χ1n) is 4.85. The second-order valence-electron chi connectivity index (χ2n) is 3.53. The number of carbonyl (C=O) groups is 2. The Morgan fingerprint density at radius 1 is 1.47 bits per heavy atom. The molecule has 84 valence electrons. The lowest BCUT2D eigenvalue weighted by atomic mass is 10.0. The third-order valence-corrected chi connectivity index (χ3v) is 1.97. The molecule has 0 aliphatic heterocycles. The molecule has 5 heteroatoms. The fourth-order valence-electron chi connectivity index (χ4n) is 1.14. The highest BCUT2D eigenvalue weighted by atomic mass is 16.2. The number of rotatable bonds is 6. The molecule has 2 unspecified atom stereocenters. The summed E-state index contributed by atoms with van der Waals surface area (Å²) in [6, 6.07) is 1.48. The highest BCUT2D eigenvalue weighted by Gasteiger charge is 2.19. The Hall–Kier alpha value is -1.41. The van der Waals surface area contributed by atoms with Gasteiger partial charge in [-0.2, -0.15) is 5.26 Å². The second-order valence-corrected chi connectivity index (χ2v) is 3.53. The molecular weight excluding hydrogens is 194 g/mol. The van der Waals surface area contributed by atoms with Crippen LogP contribution in [0.1, 0.15) is 20.3 Å². The van der Waals surface area contributed by atoms with Crippen LogP contribution in [0.4, 0.5) is 0 Å².